The smallest absolute Gasteiger partial charge is 0.410 e. The lowest BCUT2D eigenvalue weighted by Gasteiger charge is -2.33. The SMILES string of the molecule is CCOC(=O)CCCCC1CCN(C(=O)OC(C)(C)C)CC1. The molecule has 0 aromatic heterocycles. The zero-order chi connectivity index (χ0) is 16.6. The third-order valence-corrected chi connectivity index (χ3v) is 3.81. The number of hydrogen-bond acceptors (Lipinski definition) is 4. The highest BCUT2D eigenvalue weighted by molar-refractivity contribution is 5.69. The first kappa shape index (κ1) is 18.8. The van der Waals surface area contributed by atoms with Crippen LogP contribution in [-0.4, -0.2) is 42.3 Å². The van der Waals surface area contributed by atoms with E-state index in [2.05, 4.69) is 0 Å². The van der Waals surface area contributed by atoms with Crippen LogP contribution in [-0.2, 0) is 14.3 Å². The fourth-order valence-electron chi connectivity index (χ4n) is 2.67. The van der Waals surface area contributed by atoms with Crippen molar-refractivity contribution in [3.05, 3.63) is 0 Å². The van der Waals surface area contributed by atoms with E-state index in [4.69, 9.17) is 9.47 Å². The second-order valence-corrected chi connectivity index (χ2v) is 6.96. The maximum absolute atomic E-state index is 12.0. The fourth-order valence-corrected chi connectivity index (χ4v) is 2.67. The summed E-state index contributed by atoms with van der Waals surface area (Å²) in [5, 5.41) is 0. The second kappa shape index (κ2) is 9.01. The summed E-state index contributed by atoms with van der Waals surface area (Å²) in [6.07, 6.45) is 5.44. The molecule has 0 aliphatic carbocycles. The van der Waals surface area contributed by atoms with Gasteiger partial charge in [0.1, 0.15) is 5.60 Å². The Hall–Kier alpha value is -1.26. The molecule has 0 saturated carbocycles. The van der Waals surface area contributed by atoms with Gasteiger partial charge in [0.25, 0.3) is 0 Å². The van der Waals surface area contributed by atoms with Gasteiger partial charge in [-0.25, -0.2) is 4.79 Å². The van der Waals surface area contributed by atoms with Gasteiger partial charge in [0.05, 0.1) is 6.61 Å². The minimum atomic E-state index is -0.430. The molecule has 0 bridgehead atoms. The minimum absolute atomic E-state index is 0.0951. The topological polar surface area (TPSA) is 55.8 Å². The maximum Gasteiger partial charge on any atom is 0.410 e. The average Bonchev–Trinajstić information content (AvgIpc) is 2.43. The van der Waals surface area contributed by atoms with Gasteiger partial charge in [-0.3, -0.25) is 4.79 Å². The second-order valence-electron chi connectivity index (χ2n) is 6.96. The molecule has 1 fully saturated rings. The molecular weight excluding hydrogens is 282 g/mol. The van der Waals surface area contributed by atoms with Crippen LogP contribution in [0.3, 0.4) is 0 Å². The zero-order valence-corrected chi connectivity index (χ0v) is 14.5. The molecule has 1 heterocycles. The van der Waals surface area contributed by atoms with Crippen molar-refractivity contribution in [1.82, 2.24) is 4.90 Å². The highest BCUT2D eigenvalue weighted by atomic mass is 16.6. The number of likely N-dealkylation sites (tertiary alicyclic amines) is 1. The Kier molecular flexibility index (Phi) is 7.69. The number of carbonyl (C=O) groups is 2. The van der Waals surface area contributed by atoms with Gasteiger partial charge in [-0.1, -0.05) is 12.8 Å². The summed E-state index contributed by atoms with van der Waals surface area (Å²) in [5.74, 6) is 0.558. The Morgan fingerprint density at radius 2 is 1.77 bits per heavy atom. The quantitative estimate of drug-likeness (QED) is 0.553. The molecule has 128 valence electrons. The Bertz CT molecular complexity index is 354. The first-order valence-electron chi connectivity index (χ1n) is 8.45. The molecular formula is C17H31NO4. The molecule has 0 aromatic carbocycles. The molecule has 0 spiro atoms. The number of hydrogen-bond donors (Lipinski definition) is 0. The van der Waals surface area contributed by atoms with Crippen LogP contribution < -0.4 is 0 Å². The van der Waals surface area contributed by atoms with Gasteiger partial charge in [0.2, 0.25) is 0 Å². The molecule has 5 nitrogen and oxygen atoms in total. The molecule has 1 amide bonds. The predicted octanol–water partition coefficient (Wildman–Crippen LogP) is 3.76. The van der Waals surface area contributed by atoms with Crippen LogP contribution in [0.1, 0.15) is 66.2 Å². The number of piperidine rings is 1. The van der Waals surface area contributed by atoms with Crippen LogP contribution in [0.5, 0.6) is 0 Å². The van der Waals surface area contributed by atoms with Gasteiger partial charge in [-0.2, -0.15) is 0 Å². The van der Waals surface area contributed by atoms with Crippen molar-refractivity contribution in [1.29, 1.82) is 0 Å². The summed E-state index contributed by atoms with van der Waals surface area (Å²) >= 11 is 0. The van der Waals surface area contributed by atoms with Crippen LogP contribution in [0.15, 0.2) is 0 Å². The lowest BCUT2D eigenvalue weighted by Crippen LogP contribution is -2.41. The summed E-state index contributed by atoms with van der Waals surface area (Å²) < 4.78 is 10.3. The number of carbonyl (C=O) groups excluding carboxylic acids is 2. The number of esters is 1. The summed E-state index contributed by atoms with van der Waals surface area (Å²) in [6.45, 7) is 9.51. The van der Waals surface area contributed by atoms with Crippen molar-refractivity contribution >= 4 is 12.1 Å². The van der Waals surface area contributed by atoms with Crippen LogP contribution >= 0.6 is 0 Å². The first-order valence-corrected chi connectivity index (χ1v) is 8.45. The monoisotopic (exact) mass is 313 g/mol. The average molecular weight is 313 g/mol. The van der Waals surface area contributed by atoms with Crippen molar-refractivity contribution in [2.24, 2.45) is 5.92 Å². The molecule has 1 rings (SSSR count). The Balaban J connectivity index is 2.15. The molecule has 22 heavy (non-hydrogen) atoms. The number of nitrogens with zero attached hydrogens (tertiary/aromatic N) is 1. The van der Waals surface area contributed by atoms with Crippen LogP contribution in [0, 0.1) is 5.92 Å². The third-order valence-electron chi connectivity index (χ3n) is 3.81. The maximum atomic E-state index is 12.0. The number of rotatable bonds is 6. The molecule has 1 aliphatic rings. The molecule has 1 aliphatic heterocycles. The van der Waals surface area contributed by atoms with Gasteiger partial charge in [-0.05, 0) is 52.9 Å². The van der Waals surface area contributed by atoms with Crippen LogP contribution in [0.2, 0.25) is 0 Å². The summed E-state index contributed by atoms with van der Waals surface area (Å²) in [6, 6.07) is 0. The Morgan fingerprint density at radius 3 is 2.32 bits per heavy atom. The molecule has 0 atom stereocenters. The molecule has 5 heteroatoms. The zero-order valence-electron chi connectivity index (χ0n) is 14.5. The lowest BCUT2D eigenvalue weighted by atomic mass is 9.91. The van der Waals surface area contributed by atoms with Gasteiger partial charge in [-0.15, -0.1) is 0 Å². The highest BCUT2D eigenvalue weighted by Gasteiger charge is 2.26. The van der Waals surface area contributed by atoms with Crippen LogP contribution in [0.25, 0.3) is 0 Å². The van der Waals surface area contributed by atoms with Gasteiger partial charge >= 0.3 is 12.1 Å². The summed E-state index contributed by atoms with van der Waals surface area (Å²) in [4.78, 5) is 25.0. The van der Waals surface area contributed by atoms with E-state index in [1.807, 2.05) is 27.7 Å². The van der Waals surface area contributed by atoms with E-state index in [1.54, 1.807) is 4.90 Å². The van der Waals surface area contributed by atoms with E-state index < -0.39 is 5.60 Å². The highest BCUT2D eigenvalue weighted by Crippen LogP contribution is 2.24. The summed E-state index contributed by atoms with van der Waals surface area (Å²) in [7, 11) is 0. The van der Waals surface area contributed by atoms with Gasteiger partial charge in [0.15, 0.2) is 0 Å². The molecule has 0 unspecified atom stereocenters. The molecule has 1 saturated heterocycles. The Labute approximate surface area is 134 Å². The first-order chi connectivity index (χ1) is 10.3. The van der Waals surface area contributed by atoms with Crippen molar-refractivity contribution in [3.8, 4) is 0 Å². The fraction of sp³-hybridized carbons (Fsp3) is 0.882. The van der Waals surface area contributed by atoms with Crippen molar-refractivity contribution < 1.29 is 19.1 Å². The minimum Gasteiger partial charge on any atom is -0.466 e. The van der Waals surface area contributed by atoms with Gasteiger partial charge in [0, 0.05) is 19.5 Å². The third kappa shape index (κ3) is 7.66. The van der Waals surface area contributed by atoms with E-state index in [-0.39, 0.29) is 12.1 Å². The lowest BCUT2D eigenvalue weighted by molar-refractivity contribution is -0.143. The Morgan fingerprint density at radius 1 is 1.14 bits per heavy atom. The van der Waals surface area contributed by atoms with E-state index >= 15 is 0 Å². The molecule has 0 radical (unpaired) electrons. The van der Waals surface area contributed by atoms with Crippen molar-refractivity contribution in [3.63, 3.8) is 0 Å². The van der Waals surface area contributed by atoms with E-state index in [0.29, 0.717) is 18.9 Å². The predicted molar refractivity (Wildman–Crippen MR) is 85.6 cm³/mol. The van der Waals surface area contributed by atoms with Crippen molar-refractivity contribution in [2.75, 3.05) is 19.7 Å². The standard InChI is InChI=1S/C17H31NO4/c1-5-21-15(19)9-7-6-8-14-10-12-18(13-11-14)16(20)22-17(2,3)4/h14H,5-13H2,1-4H3. The molecule has 0 N–H and O–H groups in total. The summed E-state index contributed by atoms with van der Waals surface area (Å²) in [5.41, 5.74) is -0.430. The van der Waals surface area contributed by atoms with Crippen LogP contribution in [0.4, 0.5) is 4.79 Å². The van der Waals surface area contributed by atoms with E-state index in [9.17, 15) is 9.59 Å². The van der Waals surface area contributed by atoms with E-state index in [0.717, 1.165) is 45.2 Å². The van der Waals surface area contributed by atoms with Crippen molar-refractivity contribution in [2.45, 2.75) is 71.8 Å². The molecule has 0 aromatic rings. The number of amides is 1. The van der Waals surface area contributed by atoms with E-state index in [1.165, 1.54) is 0 Å². The van der Waals surface area contributed by atoms with Gasteiger partial charge < -0.3 is 14.4 Å². The largest absolute Gasteiger partial charge is 0.466 e. The number of ether oxygens (including phenoxy) is 2. The number of unbranched alkanes of at least 4 members (excludes halogenated alkanes) is 1. The normalized spacial score (nSPS) is 16.5.